The van der Waals surface area contributed by atoms with Crippen LogP contribution in [0.4, 0.5) is 35.0 Å². The molecule has 0 saturated heterocycles. The first-order valence-corrected chi connectivity index (χ1v) is 8.02. The molecule has 0 spiro atoms. The molecule has 0 saturated carbocycles. The van der Waals surface area contributed by atoms with Gasteiger partial charge < -0.3 is 10.6 Å². The topological polar surface area (TPSA) is 62.7 Å². The SMILES string of the molecule is Fc1ccc(CCNc2cnnc(Nc3cccc(C(F)(F)F)c3)n2)cc1. The summed E-state index contributed by atoms with van der Waals surface area (Å²) < 4.78 is 51.2. The maximum atomic E-state index is 12.9. The molecule has 5 nitrogen and oxygen atoms in total. The van der Waals surface area contributed by atoms with Crippen molar-refractivity contribution < 1.29 is 17.6 Å². The van der Waals surface area contributed by atoms with E-state index in [2.05, 4.69) is 25.8 Å². The fraction of sp³-hybridized carbons (Fsp3) is 0.167. The number of anilines is 3. The highest BCUT2D eigenvalue weighted by Crippen LogP contribution is 2.31. The zero-order chi connectivity index (χ0) is 19.3. The summed E-state index contributed by atoms with van der Waals surface area (Å²) in [6, 6.07) is 10.9. The van der Waals surface area contributed by atoms with E-state index in [1.54, 1.807) is 12.1 Å². The van der Waals surface area contributed by atoms with Gasteiger partial charge in [-0.3, -0.25) is 0 Å². The first-order chi connectivity index (χ1) is 12.9. The molecule has 3 rings (SSSR count). The highest BCUT2D eigenvalue weighted by Gasteiger charge is 2.30. The lowest BCUT2D eigenvalue weighted by Gasteiger charge is -2.10. The third-order valence-electron chi connectivity index (χ3n) is 3.64. The van der Waals surface area contributed by atoms with E-state index in [4.69, 9.17) is 0 Å². The van der Waals surface area contributed by atoms with Crippen LogP contribution in [0.5, 0.6) is 0 Å². The molecule has 2 aromatic carbocycles. The standard InChI is InChI=1S/C18H15F4N5/c19-14-6-4-12(5-7-14)8-9-23-16-11-24-27-17(26-16)25-15-3-1-2-13(10-15)18(20,21)22/h1-7,10-11H,8-9H2,(H2,23,25,26,27). The van der Waals surface area contributed by atoms with Crippen LogP contribution in [0, 0.1) is 5.82 Å². The number of hydrogen-bond donors (Lipinski definition) is 2. The fourth-order valence-corrected chi connectivity index (χ4v) is 2.33. The summed E-state index contributed by atoms with van der Waals surface area (Å²) >= 11 is 0. The molecule has 0 unspecified atom stereocenters. The summed E-state index contributed by atoms with van der Waals surface area (Å²) in [5, 5.41) is 13.3. The van der Waals surface area contributed by atoms with Crippen LogP contribution in [0.2, 0.25) is 0 Å². The molecule has 140 valence electrons. The van der Waals surface area contributed by atoms with E-state index in [1.165, 1.54) is 30.5 Å². The molecule has 0 fully saturated rings. The minimum absolute atomic E-state index is 0.0705. The van der Waals surface area contributed by atoms with Crippen molar-refractivity contribution in [2.45, 2.75) is 12.6 Å². The molecule has 2 N–H and O–H groups in total. The summed E-state index contributed by atoms with van der Waals surface area (Å²) in [6.45, 7) is 0.521. The van der Waals surface area contributed by atoms with Crippen LogP contribution in [0.25, 0.3) is 0 Å². The maximum absolute atomic E-state index is 12.9. The van der Waals surface area contributed by atoms with E-state index in [0.29, 0.717) is 18.8 Å². The van der Waals surface area contributed by atoms with Crippen LogP contribution >= 0.6 is 0 Å². The van der Waals surface area contributed by atoms with E-state index < -0.39 is 11.7 Å². The monoisotopic (exact) mass is 377 g/mol. The molecular weight excluding hydrogens is 362 g/mol. The van der Waals surface area contributed by atoms with Crippen LogP contribution in [0.3, 0.4) is 0 Å². The summed E-state index contributed by atoms with van der Waals surface area (Å²) in [4.78, 5) is 4.17. The van der Waals surface area contributed by atoms with Gasteiger partial charge in [0.2, 0.25) is 5.95 Å². The summed E-state index contributed by atoms with van der Waals surface area (Å²) in [5.41, 5.74) is 0.386. The Morgan fingerprint density at radius 1 is 1.00 bits per heavy atom. The van der Waals surface area contributed by atoms with E-state index in [-0.39, 0.29) is 17.5 Å². The molecule has 0 aliphatic heterocycles. The maximum Gasteiger partial charge on any atom is 0.416 e. The predicted octanol–water partition coefficient (Wildman–Crippen LogP) is 4.43. The van der Waals surface area contributed by atoms with Gasteiger partial charge in [0, 0.05) is 12.2 Å². The smallest absolute Gasteiger partial charge is 0.368 e. The number of nitrogens with zero attached hydrogens (tertiary/aromatic N) is 3. The van der Waals surface area contributed by atoms with Crippen LogP contribution < -0.4 is 10.6 Å². The van der Waals surface area contributed by atoms with Gasteiger partial charge in [0.15, 0.2) is 5.82 Å². The van der Waals surface area contributed by atoms with Gasteiger partial charge in [-0.2, -0.15) is 23.3 Å². The quantitative estimate of drug-likeness (QED) is 0.623. The molecule has 9 heteroatoms. The average Bonchev–Trinajstić information content (AvgIpc) is 2.63. The Hall–Kier alpha value is -3.23. The zero-order valence-electron chi connectivity index (χ0n) is 14.0. The van der Waals surface area contributed by atoms with Crippen molar-refractivity contribution in [2.24, 2.45) is 0 Å². The van der Waals surface area contributed by atoms with Gasteiger partial charge in [0.1, 0.15) is 5.82 Å². The van der Waals surface area contributed by atoms with Crippen molar-refractivity contribution in [1.29, 1.82) is 0 Å². The lowest BCUT2D eigenvalue weighted by atomic mass is 10.1. The number of alkyl halides is 3. The Morgan fingerprint density at radius 2 is 1.78 bits per heavy atom. The van der Waals surface area contributed by atoms with Crippen molar-refractivity contribution >= 4 is 17.5 Å². The van der Waals surface area contributed by atoms with Gasteiger partial charge >= 0.3 is 6.18 Å². The Morgan fingerprint density at radius 3 is 2.52 bits per heavy atom. The summed E-state index contributed by atoms with van der Waals surface area (Å²) in [5.74, 6) is 0.194. The second kappa shape index (κ2) is 7.98. The Kier molecular flexibility index (Phi) is 5.49. The van der Waals surface area contributed by atoms with Gasteiger partial charge in [-0.1, -0.05) is 18.2 Å². The third kappa shape index (κ3) is 5.37. The first-order valence-electron chi connectivity index (χ1n) is 8.02. The van der Waals surface area contributed by atoms with E-state index in [9.17, 15) is 17.6 Å². The molecule has 0 atom stereocenters. The number of nitrogens with one attached hydrogen (secondary N) is 2. The number of benzene rings is 2. The lowest BCUT2D eigenvalue weighted by Crippen LogP contribution is -2.09. The molecule has 0 amide bonds. The molecule has 0 radical (unpaired) electrons. The number of rotatable bonds is 6. The van der Waals surface area contributed by atoms with E-state index in [1.807, 2.05) is 0 Å². The Labute approximate surface area is 152 Å². The Balaban J connectivity index is 1.61. The van der Waals surface area contributed by atoms with Gasteiger partial charge in [-0.05, 0) is 42.3 Å². The highest BCUT2D eigenvalue weighted by molar-refractivity contribution is 5.55. The lowest BCUT2D eigenvalue weighted by molar-refractivity contribution is -0.137. The normalized spacial score (nSPS) is 11.3. The highest BCUT2D eigenvalue weighted by atomic mass is 19.4. The molecule has 27 heavy (non-hydrogen) atoms. The largest absolute Gasteiger partial charge is 0.416 e. The second-order valence-corrected chi connectivity index (χ2v) is 5.67. The molecule has 1 aromatic heterocycles. The van der Waals surface area contributed by atoms with Gasteiger partial charge in [-0.15, -0.1) is 5.10 Å². The summed E-state index contributed by atoms with van der Waals surface area (Å²) in [6.07, 6.45) is -2.39. The average molecular weight is 377 g/mol. The molecule has 0 aliphatic carbocycles. The van der Waals surface area contributed by atoms with E-state index >= 15 is 0 Å². The minimum atomic E-state index is -4.43. The van der Waals surface area contributed by atoms with E-state index in [0.717, 1.165) is 17.7 Å². The number of aromatic nitrogens is 3. The van der Waals surface area contributed by atoms with Crippen molar-refractivity contribution in [3.8, 4) is 0 Å². The van der Waals surface area contributed by atoms with Gasteiger partial charge in [-0.25, -0.2) is 4.39 Å². The molecule has 0 aliphatic rings. The van der Waals surface area contributed by atoms with Gasteiger partial charge in [0.25, 0.3) is 0 Å². The second-order valence-electron chi connectivity index (χ2n) is 5.67. The minimum Gasteiger partial charge on any atom is -0.368 e. The molecule has 1 heterocycles. The number of hydrogen-bond acceptors (Lipinski definition) is 5. The van der Waals surface area contributed by atoms with Crippen molar-refractivity contribution in [1.82, 2.24) is 15.2 Å². The summed E-state index contributed by atoms with van der Waals surface area (Å²) in [7, 11) is 0. The van der Waals surface area contributed by atoms with Crippen molar-refractivity contribution in [3.05, 3.63) is 71.7 Å². The third-order valence-corrected chi connectivity index (χ3v) is 3.64. The number of halogens is 4. The van der Waals surface area contributed by atoms with Crippen molar-refractivity contribution in [3.63, 3.8) is 0 Å². The Bertz CT molecular complexity index is 897. The van der Waals surface area contributed by atoms with Gasteiger partial charge in [0.05, 0.1) is 11.8 Å². The zero-order valence-corrected chi connectivity index (χ0v) is 14.0. The molecule has 0 bridgehead atoms. The van der Waals surface area contributed by atoms with Crippen LogP contribution in [-0.2, 0) is 12.6 Å². The molecule has 3 aromatic rings. The predicted molar refractivity (Wildman–Crippen MR) is 93.1 cm³/mol. The fourth-order valence-electron chi connectivity index (χ4n) is 2.33. The molecular formula is C18H15F4N5. The van der Waals surface area contributed by atoms with Crippen molar-refractivity contribution in [2.75, 3.05) is 17.2 Å². The van der Waals surface area contributed by atoms with Crippen LogP contribution in [-0.4, -0.2) is 21.7 Å². The first kappa shape index (κ1) is 18.6. The van der Waals surface area contributed by atoms with Crippen LogP contribution in [0.1, 0.15) is 11.1 Å². The van der Waals surface area contributed by atoms with Crippen LogP contribution in [0.15, 0.2) is 54.7 Å².